The minimum absolute atomic E-state index is 0.190. The molecule has 0 aliphatic rings. The van der Waals surface area contributed by atoms with E-state index >= 15 is 0 Å². The second-order valence-corrected chi connectivity index (χ2v) is 5.05. The number of carbonyl (C=O) groups is 4. The number of benzene rings is 2. The van der Waals surface area contributed by atoms with E-state index in [1.54, 1.807) is 0 Å². The minimum Gasteiger partial charge on any atom is -0.478 e. The van der Waals surface area contributed by atoms with E-state index in [0.29, 0.717) is 0 Å². The molecule has 0 aliphatic heterocycles. The van der Waals surface area contributed by atoms with Gasteiger partial charge in [0.05, 0.1) is 22.3 Å². The van der Waals surface area contributed by atoms with Crippen molar-refractivity contribution in [3.05, 3.63) is 70.8 Å². The second-order valence-electron chi connectivity index (χ2n) is 4.91. The van der Waals surface area contributed by atoms with Gasteiger partial charge in [-0.15, -0.1) is 13.2 Å². The number of hydrogen-bond acceptors (Lipinski definition) is 7. The Labute approximate surface area is 174 Å². The summed E-state index contributed by atoms with van der Waals surface area (Å²) >= 11 is -0.750. The quantitative estimate of drug-likeness (QED) is 0.571. The highest BCUT2D eigenvalue weighted by Gasteiger charge is 2.35. The highest BCUT2D eigenvalue weighted by molar-refractivity contribution is 7.51. The molecule has 0 atom stereocenters. The predicted octanol–water partition coefficient (Wildman–Crippen LogP) is 2.47. The molecule has 0 saturated carbocycles. The van der Waals surface area contributed by atoms with Gasteiger partial charge in [0.15, 0.2) is 0 Å². The lowest BCUT2D eigenvalue weighted by atomic mass is 10.1. The number of ether oxygens (including phenoxy) is 1. The molecule has 0 spiro atoms. The van der Waals surface area contributed by atoms with Gasteiger partial charge in [-0.2, -0.15) is 8.42 Å². The lowest BCUT2D eigenvalue weighted by Gasteiger charge is -2.08. The number of hydrogen-bond donors (Lipinski definition) is 3. The molecule has 166 valence electrons. The van der Waals surface area contributed by atoms with Gasteiger partial charge in [0.2, 0.25) is 0 Å². The molecule has 10 nitrogen and oxygen atoms in total. The third-order valence-corrected chi connectivity index (χ3v) is 2.97. The summed E-state index contributed by atoms with van der Waals surface area (Å²) in [5.74, 6) is -5.71. The van der Waals surface area contributed by atoms with Crippen LogP contribution in [0.15, 0.2) is 48.5 Å². The van der Waals surface area contributed by atoms with E-state index in [2.05, 4.69) is 4.74 Å². The highest BCUT2D eigenvalue weighted by atomic mass is 32.1. The molecule has 0 radical (unpaired) electrons. The molecule has 0 heterocycles. The summed E-state index contributed by atoms with van der Waals surface area (Å²) in [7, 11) is 0. The van der Waals surface area contributed by atoms with Crippen LogP contribution in [0.4, 0.5) is 13.2 Å². The van der Waals surface area contributed by atoms with Gasteiger partial charge in [0.1, 0.15) is 0 Å². The van der Waals surface area contributed by atoms with Crippen molar-refractivity contribution in [2.45, 2.75) is 6.36 Å². The molecular formula is C17H11F3O10S. The second kappa shape index (κ2) is 12.5. The van der Waals surface area contributed by atoms with Crippen molar-refractivity contribution in [2.75, 3.05) is 0 Å². The maximum Gasteiger partial charge on any atom is 0.575 e. The van der Waals surface area contributed by atoms with Crippen LogP contribution >= 0.6 is 0 Å². The Morgan fingerprint density at radius 3 is 1.19 bits per heavy atom. The van der Waals surface area contributed by atoms with Crippen molar-refractivity contribution in [3.8, 4) is 0 Å². The van der Waals surface area contributed by atoms with Crippen LogP contribution in [0, 0.1) is 0 Å². The number of alkyl halides is 3. The average Bonchev–Trinajstić information content (AvgIpc) is 2.67. The van der Waals surface area contributed by atoms with Gasteiger partial charge >= 0.3 is 41.8 Å². The van der Waals surface area contributed by atoms with Crippen molar-refractivity contribution >= 4 is 35.4 Å². The van der Waals surface area contributed by atoms with Crippen molar-refractivity contribution < 1.29 is 60.8 Å². The normalized spacial score (nSPS) is 9.65. The molecule has 0 fully saturated rings. The van der Waals surface area contributed by atoms with E-state index in [9.17, 15) is 32.3 Å². The van der Waals surface area contributed by atoms with Gasteiger partial charge in [0.25, 0.3) is 0 Å². The Morgan fingerprint density at radius 2 is 0.935 bits per heavy atom. The first-order valence-corrected chi connectivity index (χ1v) is 8.12. The number of carboxylic acid groups (broad SMARTS) is 3. The molecule has 0 saturated heterocycles. The zero-order valence-corrected chi connectivity index (χ0v) is 15.7. The average molecular weight is 464 g/mol. The summed E-state index contributed by atoms with van der Waals surface area (Å²) in [5, 5.41) is 25.7. The van der Waals surface area contributed by atoms with Crippen LogP contribution in [0.2, 0.25) is 0 Å². The molecule has 2 aromatic carbocycles. The standard InChI is InChI=1S/C9H5F3O4.C8H6O4.O2S/c10-9(11,12)16-8(15)6-4-2-1-3-5(6)7(13)14;9-7(10)5-3-1-2-4-6(5)8(11)12;1-3-2/h1-4H,(H,13,14);1-4H,(H,9,10)(H,11,12);. The number of esters is 1. The first-order valence-electron chi connectivity index (χ1n) is 7.45. The van der Waals surface area contributed by atoms with Gasteiger partial charge < -0.3 is 20.1 Å². The Hall–Kier alpha value is -4.07. The van der Waals surface area contributed by atoms with E-state index in [4.69, 9.17) is 23.7 Å². The molecular weight excluding hydrogens is 453 g/mol. The molecule has 31 heavy (non-hydrogen) atoms. The lowest BCUT2D eigenvalue weighted by Crippen LogP contribution is -2.21. The van der Waals surface area contributed by atoms with E-state index < -0.39 is 52.9 Å². The summed E-state index contributed by atoms with van der Waals surface area (Å²) in [4.78, 5) is 42.5. The van der Waals surface area contributed by atoms with Crippen molar-refractivity contribution in [1.82, 2.24) is 0 Å². The maximum absolute atomic E-state index is 11.7. The van der Waals surface area contributed by atoms with Crippen LogP contribution in [0.5, 0.6) is 0 Å². The molecule has 0 amide bonds. The van der Waals surface area contributed by atoms with Gasteiger partial charge in [-0.25, -0.2) is 19.2 Å². The third kappa shape index (κ3) is 9.80. The molecule has 2 rings (SSSR count). The topological polar surface area (TPSA) is 172 Å². The van der Waals surface area contributed by atoms with Crippen LogP contribution in [0.1, 0.15) is 41.4 Å². The summed E-state index contributed by atoms with van der Waals surface area (Å²) < 4.78 is 54.9. The van der Waals surface area contributed by atoms with Crippen LogP contribution < -0.4 is 0 Å². The smallest absolute Gasteiger partial charge is 0.478 e. The molecule has 0 bridgehead atoms. The fraction of sp³-hybridized carbons (Fsp3) is 0.0588. The summed E-state index contributed by atoms with van der Waals surface area (Å²) in [5.41, 5.74) is -1.57. The molecule has 2 aromatic rings. The number of carboxylic acids is 3. The van der Waals surface area contributed by atoms with E-state index in [1.165, 1.54) is 36.4 Å². The SMILES string of the molecule is O=C(O)c1ccccc1C(=O)O.O=C(O)c1ccccc1C(=O)OC(F)(F)F.O=S=O. The van der Waals surface area contributed by atoms with Crippen LogP contribution in [0.25, 0.3) is 0 Å². The number of rotatable bonds is 4. The first-order chi connectivity index (χ1) is 14.4. The molecule has 0 aromatic heterocycles. The Morgan fingerprint density at radius 1 is 0.677 bits per heavy atom. The van der Waals surface area contributed by atoms with Crippen molar-refractivity contribution in [1.29, 1.82) is 0 Å². The van der Waals surface area contributed by atoms with E-state index in [1.807, 2.05) is 0 Å². The zero-order valence-electron chi connectivity index (χ0n) is 14.9. The Balaban J connectivity index is 0.000000531. The summed E-state index contributed by atoms with van der Waals surface area (Å²) in [6.45, 7) is 0. The zero-order chi connectivity index (χ0) is 24.2. The maximum atomic E-state index is 11.7. The lowest BCUT2D eigenvalue weighted by molar-refractivity contribution is -0.291. The number of aromatic carboxylic acids is 3. The van der Waals surface area contributed by atoms with Crippen LogP contribution in [0.3, 0.4) is 0 Å². The van der Waals surface area contributed by atoms with Gasteiger partial charge in [0, 0.05) is 0 Å². The fourth-order valence-corrected chi connectivity index (χ4v) is 1.86. The van der Waals surface area contributed by atoms with Crippen LogP contribution in [-0.4, -0.2) is 54.0 Å². The number of carbonyl (C=O) groups excluding carboxylic acids is 1. The first kappa shape index (κ1) is 26.9. The minimum atomic E-state index is -5.14. The van der Waals surface area contributed by atoms with Crippen LogP contribution in [-0.2, 0) is 16.3 Å². The molecule has 0 aliphatic carbocycles. The van der Waals surface area contributed by atoms with E-state index in [0.717, 1.165) is 12.1 Å². The summed E-state index contributed by atoms with van der Waals surface area (Å²) in [6.07, 6.45) is -5.14. The Kier molecular flexibility index (Phi) is 10.8. The molecule has 3 N–H and O–H groups in total. The molecule has 0 unspecified atom stereocenters. The van der Waals surface area contributed by atoms with Gasteiger partial charge in [-0.1, -0.05) is 24.3 Å². The van der Waals surface area contributed by atoms with E-state index in [-0.39, 0.29) is 11.1 Å². The van der Waals surface area contributed by atoms with Crippen molar-refractivity contribution in [3.63, 3.8) is 0 Å². The third-order valence-electron chi connectivity index (χ3n) is 2.97. The monoisotopic (exact) mass is 464 g/mol. The predicted molar refractivity (Wildman–Crippen MR) is 94.2 cm³/mol. The number of halogens is 3. The molecule has 14 heteroatoms. The Bertz CT molecular complexity index is 965. The largest absolute Gasteiger partial charge is 0.575 e. The van der Waals surface area contributed by atoms with Crippen molar-refractivity contribution in [2.24, 2.45) is 0 Å². The van der Waals surface area contributed by atoms with Gasteiger partial charge in [-0.3, -0.25) is 0 Å². The highest BCUT2D eigenvalue weighted by Crippen LogP contribution is 2.20. The van der Waals surface area contributed by atoms with Gasteiger partial charge in [-0.05, 0) is 24.3 Å². The summed E-state index contributed by atoms with van der Waals surface area (Å²) in [6, 6.07) is 9.95. The fourth-order valence-electron chi connectivity index (χ4n) is 1.86.